The minimum absolute atomic E-state index is 0.00174. The fraction of sp³-hybridized carbons (Fsp3) is 0.565. The first-order valence-corrected chi connectivity index (χ1v) is 10.8. The molecule has 0 radical (unpaired) electrons. The molecule has 1 N–H and O–H groups in total. The largest absolute Gasteiger partial charge is 0.460 e. The first kappa shape index (κ1) is 19.1. The van der Waals surface area contributed by atoms with Crippen LogP contribution in [0.15, 0.2) is 27.4 Å². The van der Waals surface area contributed by atoms with E-state index in [4.69, 9.17) is 20.8 Å². The molecule has 4 aliphatic carbocycles. The second kappa shape index (κ2) is 6.58. The standard InChI is InChI=1S/C23H25ClO5/c1-2-15-4-19-17(6-18(15)24)16(5-20(25)29-19)11-28-21(26)22-7-13-3-14(8-22)10-23(27,9-13)12-22/h4-6,13-14,27H,2-3,7-12H2,1H3/t13-,14+,22?,23?. The number of carbonyl (C=O) groups excluding carboxylic acids is 1. The van der Waals surface area contributed by atoms with Crippen molar-refractivity contribution in [2.45, 2.75) is 64.1 Å². The Morgan fingerprint density at radius 2 is 1.93 bits per heavy atom. The van der Waals surface area contributed by atoms with E-state index in [1.54, 1.807) is 12.1 Å². The first-order chi connectivity index (χ1) is 13.8. The van der Waals surface area contributed by atoms with Crippen molar-refractivity contribution in [3.8, 4) is 0 Å². The van der Waals surface area contributed by atoms with Crippen molar-refractivity contribution in [2.24, 2.45) is 17.3 Å². The fourth-order valence-corrected chi connectivity index (χ4v) is 6.73. The van der Waals surface area contributed by atoms with E-state index in [1.807, 2.05) is 6.92 Å². The highest BCUT2D eigenvalue weighted by atomic mass is 35.5. The zero-order chi connectivity index (χ0) is 20.4. The Labute approximate surface area is 174 Å². The molecular weight excluding hydrogens is 392 g/mol. The van der Waals surface area contributed by atoms with Gasteiger partial charge in [0.2, 0.25) is 0 Å². The number of hydrogen-bond donors (Lipinski definition) is 1. The molecule has 1 aromatic heterocycles. The number of aryl methyl sites for hydroxylation is 1. The molecule has 4 fully saturated rings. The Morgan fingerprint density at radius 1 is 1.21 bits per heavy atom. The quantitative estimate of drug-likeness (QED) is 0.591. The van der Waals surface area contributed by atoms with Crippen LogP contribution in [-0.2, 0) is 22.6 Å². The highest BCUT2D eigenvalue weighted by Gasteiger charge is 2.60. The number of ether oxygens (including phenoxy) is 1. The third-order valence-electron chi connectivity index (χ3n) is 7.20. The van der Waals surface area contributed by atoms with Crippen molar-refractivity contribution < 1.29 is 19.1 Å². The van der Waals surface area contributed by atoms with E-state index in [0.29, 0.717) is 39.8 Å². The van der Waals surface area contributed by atoms with Gasteiger partial charge in [0, 0.05) is 22.0 Å². The van der Waals surface area contributed by atoms with Crippen molar-refractivity contribution in [2.75, 3.05) is 0 Å². The van der Waals surface area contributed by atoms with Crippen LogP contribution in [-0.4, -0.2) is 16.7 Å². The van der Waals surface area contributed by atoms with E-state index in [9.17, 15) is 14.7 Å². The summed E-state index contributed by atoms with van der Waals surface area (Å²) in [7, 11) is 0. The lowest BCUT2D eigenvalue weighted by molar-refractivity contribution is -0.197. The monoisotopic (exact) mass is 416 g/mol. The summed E-state index contributed by atoms with van der Waals surface area (Å²) in [5.41, 5.74) is 0.177. The van der Waals surface area contributed by atoms with E-state index in [-0.39, 0.29) is 12.6 Å². The topological polar surface area (TPSA) is 76.7 Å². The summed E-state index contributed by atoms with van der Waals surface area (Å²) in [6, 6.07) is 4.92. The number of halogens is 1. The number of aliphatic hydroxyl groups is 1. The van der Waals surface area contributed by atoms with E-state index in [2.05, 4.69) is 0 Å². The predicted octanol–water partition coefficient (Wildman–Crippen LogP) is 4.38. The highest BCUT2D eigenvalue weighted by Crippen LogP contribution is 2.62. The van der Waals surface area contributed by atoms with Gasteiger partial charge >= 0.3 is 11.6 Å². The molecule has 0 spiro atoms. The maximum atomic E-state index is 13.1. The first-order valence-electron chi connectivity index (χ1n) is 10.4. The van der Waals surface area contributed by atoms with Gasteiger partial charge in [-0.15, -0.1) is 0 Å². The number of fused-ring (bicyclic) bond motifs is 1. The summed E-state index contributed by atoms with van der Waals surface area (Å²) < 4.78 is 11.1. The Morgan fingerprint density at radius 3 is 2.59 bits per heavy atom. The molecule has 154 valence electrons. The van der Waals surface area contributed by atoms with Crippen LogP contribution in [0.25, 0.3) is 11.0 Å². The molecular formula is C23H25ClO5. The van der Waals surface area contributed by atoms with Gasteiger partial charge in [0.1, 0.15) is 12.2 Å². The second-order valence-corrected chi connectivity index (χ2v) is 9.83. The van der Waals surface area contributed by atoms with Gasteiger partial charge in [-0.3, -0.25) is 4.79 Å². The fourth-order valence-electron chi connectivity index (χ4n) is 6.43. The minimum atomic E-state index is -0.715. The molecule has 29 heavy (non-hydrogen) atoms. The molecule has 4 aliphatic rings. The lowest BCUT2D eigenvalue weighted by Gasteiger charge is -2.58. The molecule has 6 heteroatoms. The van der Waals surface area contributed by atoms with Crippen LogP contribution >= 0.6 is 11.6 Å². The second-order valence-electron chi connectivity index (χ2n) is 9.43. The predicted molar refractivity (Wildman–Crippen MR) is 109 cm³/mol. The minimum Gasteiger partial charge on any atom is -0.460 e. The average molecular weight is 417 g/mol. The van der Waals surface area contributed by atoms with Gasteiger partial charge in [-0.1, -0.05) is 18.5 Å². The molecule has 2 unspecified atom stereocenters. The Kier molecular flexibility index (Phi) is 4.34. The molecule has 4 bridgehead atoms. The van der Waals surface area contributed by atoms with E-state index in [0.717, 1.165) is 44.1 Å². The van der Waals surface area contributed by atoms with Crippen LogP contribution in [0.1, 0.15) is 56.6 Å². The molecule has 0 aliphatic heterocycles. The van der Waals surface area contributed by atoms with E-state index < -0.39 is 16.6 Å². The summed E-state index contributed by atoms with van der Waals surface area (Å²) in [5, 5.41) is 12.2. The third-order valence-corrected chi connectivity index (χ3v) is 7.55. The SMILES string of the molecule is CCc1cc2oc(=O)cc(COC(=O)C34C[C@@H]5C[C@@H](CC(O)(C5)C3)C4)c2cc1Cl. The van der Waals surface area contributed by atoms with Gasteiger partial charge in [-0.25, -0.2) is 4.79 Å². The van der Waals surface area contributed by atoms with Crippen molar-refractivity contribution in [3.05, 3.63) is 44.8 Å². The molecule has 1 heterocycles. The van der Waals surface area contributed by atoms with Crippen molar-refractivity contribution >= 4 is 28.5 Å². The number of rotatable bonds is 4. The summed E-state index contributed by atoms with van der Waals surface area (Å²) in [6.07, 6.45) is 5.55. The summed E-state index contributed by atoms with van der Waals surface area (Å²) in [5.74, 6) is 0.567. The molecule has 0 saturated heterocycles. The van der Waals surface area contributed by atoms with Crippen LogP contribution < -0.4 is 5.63 Å². The van der Waals surface area contributed by atoms with Gasteiger partial charge in [-0.2, -0.15) is 0 Å². The van der Waals surface area contributed by atoms with Gasteiger partial charge < -0.3 is 14.3 Å². The van der Waals surface area contributed by atoms with Gasteiger partial charge in [0.15, 0.2) is 0 Å². The number of hydrogen-bond acceptors (Lipinski definition) is 5. The number of benzene rings is 1. The van der Waals surface area contributed by atoms with Crippen LogP contribution in [0.4, 0.5) is 0 Å². The Balaban J connectivity index is 1.42. The highest BCUT2D eigenvalue weighted by molar-refractivity contribution is 6.32. The smallest absolute Gasteiger partial charge is 0.336 e. The molecule has 4 saturated carbocycles. The number of carbonyl (C=O) groups is 1. The van der Waals surface area contributed by atoms with E-state index in [1.165, 1.54) is 6.07 Å². The van der Waals surface area contributed by atoms with Crippen molar-refractivity contribution in [1.29, 1.82) is 0 Å². The summed E-state index contributed by atoms with van der Waals surface area (Å²) in [6.45, 7) is 1.98. The lowest BCUT2D eigenvalue weighted by Crippen LogP contribution is -2.58. The molecule has 2 aromatic rings. The Bertz CT molecular complexity index is 1040. The van der Waals surface area contributed by atoms with Gasteiger partial charge in [-0.05, 0) is 74.5 Å². The lowest BCUT2D eigenvalue weighted by atomic mass is 9.48. The third kappa shape index (κ3) is 3.19. The van der Waals surface area contributed by atoms with Crippen molar-refractivity contribution in [1.82, 2.24) is 0 Å². The van der Waals surface area contributed by atoms with Gasteiger partial charge in [0.05, 0.1) is 11.0 Å². The van der Waals surface area contributed by atoms with Crippen LogP contribution in [0.2, 0.25) is 5.02 Å². The van der Waals surface area contributed by atoms with Crippen molar-refractivity contribution in [3.63, 3.8) is 0 Å². The summed E-state index contributed by atoms with van der Waals surface area (Å²) >= 11 is 6.35. The maximum Gasteiger partial charge on any atom is 0.336 e. The zero-order valence-electron chi connectivity index (χ0n) is 16.5. The summed E-state index contributed by atoms with van der Waals surface area (Å²) in [4.78, 5) is 25.2. The van der Waals surface area contributed by atoms with E-state index >= 15 is 0 Å². The molecule has 0 amide bonds. The number of esters is 1. The molecule has 4 atom stereocenters. The maximum absolute atomic E-state index is 13.1. The zero-order valence-corrected chi connectivity index (χ0v) is 17.3. The molecule has 6 rings (SSSR count). The van der Waals surface area contributed by atoms with Crippen LogP contribution in [0.3, 0.4) is 0 Å². The van der Waals surface area contributed by atoms with Gasteiger partial charge in [0.25, 0.3) is 0 Å². The molecule has 5 nitrogen and oxygen atoms in total. The van der Waals surface area contributed by atoms with Crippen LogP contribution in [0, 0.1) is 17.3 Å². The van der Waals surface area contributed by atoms with Crippen LogP contribution in [0.5, 0.6) is 0 Å². The average Bonchev–Trinajstić information content (AvgIpc) is 2.63. The Hall–Kier alpha value is -1.85. The molecule has 1 aromatic carbocycles. The normalized spacial score (nSPS) is 32.7.